The van der Waals surface area contributed by atoms with Gasteiger partial charge in [-0.05, 0) is 50.2 Å². The van der Waals surface area contributed by atoms with Crippen LogP contribution in [-0.4, -0.2) is 52.6 Å². The predicted octanol–water partition coefficient (Wildman–Crippen LogP) is 4.49. The van der Waals surface area contributed by atoms with Crippen LogP contribution in [0.15, 0.2) is 77.7 Å². The van der Waals surface area contributed by atoms with E-state index in [1.165, 1.54) is 30.1 Å². The molecule has 0 unspecified atom stereocenters. The zero-order valence-corrected chi connectivity index (χ0v) is 25.6. The van der Waals surface area contributed by atoms with Gasteiger partial charge in [-0.1, -0.05) is 18.2 Å². The number of hydrogen-bond donors (Lipinski definition) is 2. The Balaban J connectivity index is 1.34. The molecular weight excluding hydrogens is 597 g/mol. The molecule has 0 aliphatic rings. The van der Waals surface area contributed by atoms with E-state index >= 15 is 4.39 Å². The number of nitrogens with zero attached hydrogens (tertiary/aromatic N) is 3. The summed E-state index contributed by atoms with van der Waals surface area (Å²) < 4.78 is 40.6. The van der Waals surface area contributed by atoms with E-state index in [0.717, 1.165) is 6.07 Å². The van der Waals surface area contributed by atoms with Crippen molar-refractivity contribution in [2.45, 2.75) is 20.0 Å². The standard InChI is InChI=1S/C33H32FN5O7/c1-19(45-30(40)17-35)18-44-29-16-25-23(15-28(29)43-4)26(12-13-36-25)46-27-11-10-21(14-24(27)34)37-32(41)31-20(2)38(3)39(33(31)42)22-8-6-5-7-9-22/h5-16,19H,17-18,35H2,1-4H3,(H,37,41)/t19-/m1/s1. The van der Waals surface area contributed by atoms with Crippen LogP contribution in [0.25, 0.3) is 16.6 Å². The molecule has 0 saturated heterocycles. The number of carbonyl (C=O) groups is 2. The Hall–Kier alpha value is -5.69. The first-order valence-electron chi connectivity index (χ1n) is 14.2. The Morgan fingerprint density at radius 1 is 1.02 bits per heavy atom. The average Bonchev–Trinajstić information content (AvgIpc) is 3.27. The maximum absolute atomic E-state index is 15.3. The van der Waals surface area contributed by atoms with Gasteiger partial charge in [0.2, 0.25) is 0 Å². The molecule has 0 radical (unpaired) electrons. The van der Waals surface area contributed by atoms with Crippen molar-refractivity contribution in [2.75, 3.05) is 25.6 Å². The first-order chi connectivity index (χ1) is 22.1. The summed E-state index contributed by atoms with van der Waals surface area (Å²) in [5.41, 5.74) is 6.40. The molecule has 1 atom stereocenters. The molecule has 5 aromatic rings. The second-order valence-corrected chi connectivity index (χ2v) is 10.3. The van der Waals surface area contributed by atoms with E-state index in [0.29, 0.717) is 33.8 Å². The Bertz CT molecular complexity index is 1970. The zero-order valence-electron chi connectivity index (χ0n) is 25.6. The number of esters is 1. The van der Waals surface area contributed by atoms with Gasteiger partial charge in [0.1, 0.15) is 24.0 Å². The van der Waals surface area contributed by atoms with E-state index in [9.17, 15) is 14.4 Å². The molecule has 5 rings (SSSR count). The largest absolute Gasteiger partial charge is 0.493 e. The quantitative estimate of drug-likeness (QED) is 0.202. The Morgan fingerprint density at radius 2 is 1.78 bits per heavy atom. The van der Waals surface area contributed by atoms with Gasteiger partial charge in [-0.25, -0.2) is 9.07 Å². The molecule has 0 aliphatic heterocycles. The number of methoxy groups -OCH3 is 1. The molecule has 0 bridgehead atoms. The minimum Gasteiger partial charge on any atom is -0.493 e. The minimum atomic E-state index is -0.748. The average molecular weight is 630 g/mol. The van der Waals surface area contributed by atoms with Gasteiger partial charge in [0.05, 0.1) is 30.6 Å². The lowest BCUT2D eigenvalue weighted by atomic mass is 10.1. The fourth-order valence-electron chi connectivity index (χ4n) is 4.81. The molecule has 3 N–H and O–H groups in total. The van der Waals surface area contributed by atoms with Crippen molar-refractivity contribution >= 4 is 28.5 Å². The summed E-state index contributed by atoms with van der Waals surface area (Å²) in [5, 5.41) is 3.13. The first kappa shape index (κ1) is 31.7. The van der Waals surface area contributed by atoms with Crippen LogP contribution in [0.3, 0.4) is 0 Å². The number of benzene rings is 3. The number of fused-ring (bicyclic) bond motifs is 1. The summed E-state index contributed by atoms with van der Waals surface area (Å²) >= 11 is 0. The zero-order chi connectivity index (χ0) is 33.0. The molecule has 12 nitrogen and oxygen atoms in total. The maximum atomic E-state index is 15.3. The number of pyridine rings is 1. The molecular formula is C33H32FN5O7. The molecule has 2 aromatic heterocycles. The fraction of sp³-hybridized carbons (Fsp3) is 0.212. The summed E-state index contributed by atoms with van der Waals surface area (Å²) in [6.45, 7) is 3.14. The lowest BCUT2D eigenvalue weighted by molar-refractivity contribution is -0.147. The number of ether oxygens (including phenoxy) is 4. The number of nitrogens with two attached hydrogens (primary N) is 1. The van der Waals surface area contributed by atoms with E-state index in [-0.39, 0.29) is 35.9 Å². The minimum absolute atomic E-state index is 0.0465. The van der Waals surface area contributed by atoms with Crippen LogP contribution in [0.1, 0.15) is 23.0 Å². The lowest BCUT2D eigenvalue weighted by Crippen LogP contribution is -2.26. The van der Waals surface area contributed by atoms with E-state index < -0.39 is 29.4 Å². The number of rotatable bonds is 11. The molecule has 2 heterocycles. The second kappa shape index (κ2) is 13.5. The van der Waals surface area contributed by atoms with E-state index in [4.69, 9.17) is 24.7 Å². The van der Waals surface area contributed by atoms with Crippen molar-refractivity contribution in [3.8, 4) is 28.7 Å². The second-order valence-electron chi connectivity index (χ2n) is 10.3. The third-order valence-electron chi connectivity index (χ3n) is 7.15. The van der Waals surface area contributed by atoms with Gasteiger partial charge in [-0.15, -0.1) is 0 Å². The summed E-state index contributed by atoms with van der Waals surface area (Å²) in [5.74, 6) is -1.08. The predicted molar refractivity (Wildman–Crippen MR) is 169 cm³/mol. The van der Waals surface area contributed by atoms with Gasteiger partial charge in [-0.3, -0.25) is 24.0 Å². The van der Waals surface area contributed by atoms with E-state index in [1.807, 2.05) is 6.07 Å². The van der Waals surface area contributed by atoms with Crippen LogP contribution in [0, 0.1) is 12.7 Å². The lowest BCUT2D eigenvalue weighted by Gasteiger charge is -2.17. The molecule has 0 aliphatic carbocycles. The maximum Gasteiger partial charge on any atom is 0.320 e. The van der Waals surface area contributed by atoms with Crippen molar-refractivity contribution < 1.29 is 32.9 Å². The number of carbonyl (C=O) groups excluding carboxylic acids is 2. The monoisotopic (exact) mass is 629 g/mol. The van der Waals surface area contributed by atoms with Crippen molar-refractivity contribution in [2.24, 2.45) is 12.8 Å². The van der Waals surface area contributed by atoms with Gasteiger partial charge in [0.25, 0.3) is 11.5 Å². The normalized spacial score (nSPS) is 11.6. The number of amides is 1. The fourth-order valence-corrected chi connectivity index (χ4v) is 4.81. The SMILES string of the molecule is COc1cc2c(Oc3ccc(NC(=O)c4c(C)n(C)n(-c5ccccc5)c4=O)cc3F)ccnc2cc1OC[C@@H](C)OC(=O)CN. The van der Waals surface area contributed by atoms with Gasteiger partial charge in [-0.2, -0.15) is 0 Å². The van der Waals surface area contributed by atoms with Gasteiger partial charge in [0, 0.05) is 36.5 Å². The van der Waals surface area contributed by atoms with Crippen LogP contribution in [-0.2, 0) is 16.6 Å². The highest BCUT2D eigenvalue weighted by Gasteiger charge is 2.23. The van der Waals surface area contributed by atoms with Crippen LogP contribution >= 0.6 is 0 Å². The van der Waals surface area contributed by atoms with Crippen LogP contribution in [0.2, 0.25) is 0 Å². The molecule has 1 amide bonds. The van der Waals surface area contributed by atoms with Crippen molar-refractivity contribution in [3.05, 3.63) is 100 Å². The third kappa shape index (κ3) is 6.54. The summed E-state index contributed by atoms with van der Waals surface area (Å²) in [6, 6.07) is 17.7. The van der Waals surface area contributed by atoms with Gasteiger partial charge in [0.15, 0.2) is 23.1 Å². The highest BCUT2D eigenvalue weighted by molar-refractivity contribution is 6.05. The molecule has 3 aromatic carbocycles. The highest BCUT2D eigenvalue weighted by atomic mass is 19.1. The van der Waals surface area contributed by atoms with Crippen molar-refractivity contribution in [1.82, 2.24) is 14.3 Å². The Morgan fingerprint density at radius 3 is 2.48 bits per heavy atom. The molecule has 238 valence electrons. The van der Waals surface area contributed by atoms with E-state index in [1.54, 1.807) is 68.0 Å². The molecule has 46 heavy (non-hydrogen) atoms. The van der Waals surface area contributed by atoms with Crippen LogP contribution in [0.4, 0.5) is 10.1 Å². The van der Waals surface area contributed by atoms with Gasteiger partial charge >= 0.3 is 5.97 Å². The van der Waals surface area contributed by atoms with Crippen LogP contribution < -0.4 is 30.8 Å². The summed E-state index contributed by atoms with van der Waals surface area (Å²) in [6.07, 6.45) is 0.941. The smallest absolute Gasteiger partial charge is 0.320 e. The van der Waals surface area contributed by atoms with E-state index in [2.05, 4.69) is 10.3 Å². The highest BCUT2D eigenvalue weighted by Crippen LogP contribution is 2.38. The summed E-state index contributed by atoms with van der Waals surface area (Å²) in [7, 11) is 3.14. The Kier molecular flexibility index (Phi) is 9.33. The number of hydrogen-bond acceptors (Lipinski definition) is 9. The molecule has 0 spiro atoms. The molecule has 13 heteroatoms. The third-order valence-corrected chi connectivity index (χ3v) is 7.15. The first-order valence-corrected chi connectivity index (χ1v) is 14.2. The number of nitrogens with one attached hydrogen (secondary N) is 1. The number of aromatic nitrogens is 3. The molecule has 0 saturated carbocycles. The van der Waals surface area contributed by atoms with Crippen LogP contribution in [0.5, 0.6) is 23.0 Å². The van der Waals surface area contributed by atoms with Crippen molar-refractivity contribution in [3.63, 3.8) is 0 Å². The number of anilines is 1. The number of halogens is 1. The number of para-hydroxylation sites is 1. The Labute approximate surface area is 263 Å². The van der Waals surface area contributed by atoms with Crippen molar-refractivity contribution in [1.29, 1.82) is 0 Å². The van der Waals surface area contributed by atoms with Gasteiger partial charge < -0.3 is 30.0 Å². The molecule has 0 fully saturated rings. The summed E-state index contributed by atoms with van der Waals surface area (Å²) in [4.78, 5) is 42.2. The topological polar surface area (TPSA) is 149 Å².